The average Bonchev–Trinajstić information content (AvgIpc) is 2.64. The summed E-state index contributed by atoms with van der Waals surface area (Å²) < 4.78 is 0. The number of carbonyl (C=O) groups excluding carboxylic acids is 1. The number of hydrogen-bond donors (Lipinski definition) is 0. The fraction of sp³-hybridized carbons (Fsp3) is 0.235. The van der Waals surface area contributed by atoms with Crippen molar-refractivity contribution in [3.05, 3.63) is 70.8 Å². The number of carbonyl (C=O) groups is 1. The highest BCUT2D eigenvalue weighted by molar-refractivity contribution is 6.02. The van der Waals surface area contributed by atoms with Crippen molar-refractivity contribution >= 4 is 5.78 Å². The molecule has 2 aromatic rings. The third-order valence-corrected chi connectivity index (χ3v) is 4.02. The van der Waals surface area contributed by atoms with Crippen molar-refractivity contribution in [3.63, 3.8) is 0 Å². The number of ketones is 1. The lowest BCUT2D eigenvalue weighted by Crippen LogP contribution is -2.20. The standard InChI is InChI=1S/C17H16O/c1-12-7-9-13(10-8-12)17(2)11-16(18)14-5-3-4-6-15(14)17/h3-10H,11H2,1-2H3. The van der Waals surface area contributed by atoms with Crippen molar-refractivity contribution < 1.29 is 4.79 Å². The Morgan fingerprint density at radius 1 is 1.00 bits per heavy atom. The van der Waals surface area contributed by atoms with Crippen molar-refractivity contribution in [2.75, 3.05) is 0 Å². The van der Waals surface area contributed by atoms with Gasteiger partial charge in [-0.05, 0) is 18.1 Å². The third-order valence-electron chi connectivity index (χ3n) is 4.02. The Bertz CT molecular complexity index is 610. The first-order valence-electron chi connectivity index (χ1n) is 6.31. The first-order chi connectivity index (χ1) is 8.61. The van der Waals surface area contributed by atoms with Gasteiger partial charge in [0.15, 0.2) is 5.78 Å². The van der Waals surface area contributed by atoms with Crippen LogP contribution in [-0.2, 0) is 5.41 Å². The Morgan fingerprint density at radius 2 is 1.67 bits per heavy atom. The fourth-order valence-corrected chi connectivity index (χ4v) is 2.90. The van der Waals surface area contributed by atoms with E-state index in [2.05, 4.69) is 44.2 Å². The summed E-state index contributed by atoms with van der Waals surface area (Å²) in [5.41, 5.74) is 4.37. The Kier molecular flexibility index (Phi) is 2.37. The van der Waals surface area contributed by atoms with Crippen molar-refractivity contribution in [1.29, 1.82) is 0 Å². The summed E-state index contributed by atoms with van der Waals surface area (Å²) in [6, 6.07) is 16.5. The van der Waals surface area contributed by atoms with Crippen LogP contribution in [0.5, 0.6) is 0 Å². The first-order valence-corrected chi connectivity index (χ1v) is 6.31. The molecule has 90 valence electrons. The molecule has 18 heavy (non-hydrogen) atoms. The van der Waals surface area contributed by atoms with Gasteiger partial charge >= 0.3 is 0 Å². The molecule has 0 saturated heterocycles. The number of Topliss-reactive ketones (excluding diaryl/α,β-unsaturated/α-hetero) is 1. The van der Waals surface area contributed by atoms with E-state index in [1.54, 1.807) is 0 Å². The maximum atomic E-state index is 12.1. The number of aryl methyl sites for hydroxylation is 1. The molecule has 0 saturated carbocycles. The van der Waals surface area contributed by atoms with Gasteiger partial charge in [0, 0.05) is 17.4 Å². The molecule has 1 unspecified atom stereocenters. The van der Waals surface area contributed by atoms with Crippen LogP contribution in [0.15, 0.2) is 48.5 Å². The number of hydrogen-bond acceptors (Lipinski definition) is 1. The van der Waals surface area contributed by atoms with E-state index in [1.165, 1.54) is 16.7 Å². The minimum absolute atomic E-state index is 0.165. The highest BCUT2D eigenvalue weighted by atomic mass is 16.1. The van der Waals surface area contributed by atoms with E-state index >= 15 is 0 Å². The first kappa shape index (κ1) is 11.2. The molecule has 1 nitrogen and oxygen atoms in total. The number of benzene rings is 2. The second-order valence-corrected chi connectivity index (χ2v) is 5.34. The summed E-state index contributed by atoms with van der Waals surface area (Å²) >= 11 is 0. The zero-order valence-corrected chi connectivity index (χ0v) is 10.7. The van der Waals surface area contributed by atoms with E-state index in [0.717, 1.165) is 5.56 Å². The van der Waals surface area contributed by atoms with Gasteiger partial charge in [0.1, 0.15) is 0 Å². The molecule has 0 bridgehead atoms. The summed E-state index contributed by atoms with van der Waals surface area (Å²) in [4.78, 5) is 12.1. The molecule has 0 aliphatic heterocycles. The Labute approximate surface area is 107 Å². The van der Waals surface area contributed by atoms with Crippen LogP contribution in [0.2, 0.25) is 0 Å². The van der Waals surface area contributed by atoms with Gasteiger partial charge in [-0.3, -0.25) is 4.79 Å². The quantitative estimate of drug-likeness (QED) is 0.734. The van der Waals surface area contributed by atoms with Gasteiger partial charge in [-0.15, -0.1) is 0 Å². The van der Waals surface area contributed by atoms with E-state index in [1.807, 2.05) is 18.2 Å². The lowest BCUT2D eigenvalue weighted by molar-refractivity contribution is 0.0982. The molecule has 1 atom stereocenters. The highest BCUT2D eigenvalue weighted by Crippen LogP contribution is 2.43. The van der Waals surface area contributed by atoms with Crippen molar-refractivity contribution in [2.24, 2.45) is 0 Å². The average molecular weight is 236 g/mol. The summed E-state index contributed by atoms with van der Waals surface area (Å²) in [6.07, 6.45) is 0.579. The van der Waals surface area contributed by atoms with E-state index in [9.17, 15) is 4.79 Å². The van der Waals surface area contributed by atoms with Gasteiger partial charge in [0.05, 0.1) is 0 Å². The fourth-order valence-electron chi connectivity index (χ4n) is 2.90. The van der Waals surface area contributed by atoms with Crippen LogP contribution in [0.1, 0.15) is 40.4 Å². The van der Waals surface area contributed by atoms with Crippen LogP contribution in [0.4, 0.5) is 0 Å². The summed E-state index contributed by atoms with van der Waals surface area (Å²) in [7, 11) is 0. The minimum Gasteiger partial charge on any atom is -0.294 e. The molecule has 2 aromatic carbocycles. The maximum Gasteiger partial charge on any atom is 0.164 e. The van der Waals surface area contributed by atoms with E-state index in [4.69, 9.17) is 0 Å². The zero-order valence-electron chi connectivity index (χ0n) is 10.7. The van der Waals surface area contributed by atoms with Gasteiger partial charge in [-0.2, -0.15) is 0 Å². The predicted octanol–water partition coefficient (Wildman–Crippen LogP) is 3.89. The molecule has 0 heterocycles. The molecule has 0 aromatic heterocycles. The van der Waals surface area contributed by atoms with Crippen LogP contribution in [0.25, 0.3) is 0 Å². The number of rotatable bonds is 1. The van der Waals surface area contributed by atoms with Crippen molar-refractivity contribution in [1.82, 2.24) is 0 Å². The molecule has 1 heteroatoms. The number of fused-ring (bicyclic) bond motifs is 1. The van der Waals surface area contributed by atoms with Gasteiger partial charge in [-0.25, -0.2) is 0 Å². The molecular weight excluding hydrogens is 220 g/mol. The molecule has 0 spiro atoms. The van der Waals surface area contributed by atoms with Crippen LogP contribution < -0.4 is 0 Å². The normalized spacial score (nSPS) is 22.0. The lowest BCUT2D eigenvalue weighted by Gasteiger charge is -2.25. The van der Waals surface area contributed by atoms with E-state index in [-0.39, 0.29) is 11.2 Å². The third kappa shape index (κ3) is 1.51. The molecule has 1 aliphatic rings. The van der Waals surface area contributed by atoms with E-state index in [0.29, 0.717) is 6.42 Å². The highest BCUT2D eigenvalue weighted by Gasteiger charge is 2.40. The molecule has 3 rings (SSSR count). The van der Waals surface area contributed by atoms with E-state index < -0.39 is 0 Å². The second-order valence-electron chi connectivity index (χ2n) is 5.34. The largest absolute Gasteiger partial charge is 0.294 e. The van der Waals surface area contributed by atoms with Crippen molar-refractivity contribution in [2.45, 2.75) is 25.7 Å². The van der Waals surface area contributed by atoms with Crippen LogP contribution in [0.3, 0.4) is 0 Å². The monoisotopic (exact) mass is 236 g/mol. The molecule has 1 aliphatic carbocycles. The SMILES string of the molecule is Cc1ccc(C2(C)CC(=O)c3ccccc32)cc1. The summed E-state index contributed by atoms with van der Waals surface area (Å²) in [5, 5.41) is 0. The van der Waals surface area contributed by atoms with Crippen LogP contribution in [-0.4, -0.2) is 5.78 Å². The van der Waals surface area contributed by atoms with Gasteiger partial charge in [-0.1, -0.05) is 61.0 Å². The zero-order chi connectivity index (χ0) is 12.8. The molecule has 0 radical (unpaired) electrons. The van der Waals surface area contributed by atoms with Gasteiger partial charge in [0.2, 0.25) is 0 Å². The van der Waals surface area contributed by atoms with Crippen LogP contribution in [0, 0.1) is 6.92 Å². The van der Waals surface area contributed by atoms with Gasteiger partial charge in [0.25, 0.3) is 0 Å². The lowest BCUT2D eigenvalue weighted by atomic mass is 9.77. The predicted molar refractivity (Wildman–Crippen MR) is 73.0 cm³/mol. The second kappa shape index (κ2) is 3.81. The molecular formula is C17H16O. The topological polar surface area (TPSA) is 17.1 Å². The summed E-state index contributed by atoms with van der Waals surface area (Å²) in [6.45, 7) is 4.25. The Balaban J connectivity index is 2.17. The Hall–Kier alpha value is -1.89. The van der Waals surface area contributed by atoms with Crippen LogP contribution >= 0.6 is 0 Å². The van der Waals surface area contributed by atoms with Gasteiger partial charge < -0.3 is 0 Å². The molecule has 0 amide bonds. The smallest absolute Gasteiger partial charge is 0.164 e. The maximum absolute atomic E-state index is 12.1. The van der Waals surface area contributed by atoms with Crippen molar-refractivity contribution in [3.8, 4) is 0 Å². The molecule has 0 fully saturated rings. The Morgan fingerprint density at radius 3 is 2.39 bits per heavy atom. The molecule has 0 N–H and O–H groups in total. The summed E-state index contributed by atoms with van der Waals surface area (Å²) in [5.74, 6) is 0.258. The minimum atomic E-state index is -0.165.